The molecule has 0 aromatic heterocycles. The zero-order valence-corrected chi connectivity index (χ0v) is 25.0. The number of carboxylic acid groups (broad SMARTS) is 6. The molecule has 0 rings (SSSR count). The van der Waals surface area contributed by atoms with Gasteiger partial charge in [0.25, 0.3) is 0 Å². The van der Waals surface area contributed by atoms with Crippen molar-refractivity contribution in [2.24, 2.45) is 0 Å². The predicted molar refractivity (Wildman–Crippen MR) is 114 cm³/mol. The molecule has 216 valence electrons. The Balaban J connectivity index is -0.0000000581. The van der Waals surface area contributed by atoms with Gasteiger partial charge in [-0.1, -0.05) is 0 Å². The van der Waals surface area contributed by atoms with E-state index in [2.05, 4.69) is 0 Å². The van der Waals surface area contributed by atoms with E-state index in [-0.39, 0.29) is 21.1 Å². The number of hydrogen-bond donors (Lipinski definition) is 0. The van der Waals surface area contributed by atoms with E-state index in [1.165, 1.54) is 84.6 Å². The van der Waals surface area contributed by atoms with Crippen LogP contribution in [-0.2, 0) is 21.1 Å². The van der Waals surface area contributed by atoms with E-state index >= 15 is 0 Å². The molecule has 0 bridgehead atoms. The number of hydrogen-bond acceptors (Lipinski definition) is 12. The van der Waals surface area contributed by atoms with Crippen LogP contribution in [0.3, 0.4) is 0 Å². The second kappa shape index (κ2) is 30.3. The zero-order valence-electron chi connectivity index (χ0n) is 23.0. The van der Waals surface area contributed by atoms with E-state index in [0.717, 1.165) is 29.4 Å². The van der Waals surface area contributed by atoms with Gasteiger partial charge in [0, 0.05) is 84.6 Å². The Kier molecular flexibility index (Phi) is 41.2. The first-order chi connectivity index (χ1) is 15.9. The molecule has 0 saturated heterocycles. The van der Waals surface area contributed by atoms with E-state index in [9.17, 15) is 59.4 Å². The van der Waals surface area contributed by atoms with Gasteiger partial charge in [-0.2, -0.15) is 0 Å². The molecule has 0 heterocycles. The summed E-state index contributed by atoms with van der Waals surface area (Å²) in [4.78, 5) is 62.9. The van der Waals surface area contributed by atoms with E-state index in [1.54, 1.807) is 0 Å². The summed E-state index contributed by atoms with van der Waals surface area (Å²) in [6, 6.07) is 0. The normalized spacial score (nSPS) is 7.46. The second-order valence-corrected chi connectivity index (χ2v) is 6.96. The van der Waals surface area contributed by atoms with Crippen molar-refractivity contribution < 1.29 is 80.5 Å². The van der Waals surface area contributed by atoms with Crippen molar-refractivity contribution in [2.45, 2.75) is 0 Å². The van der Waals surface area contributed by atoms with Crippen molar-refractivity contribution >= 4 is 36.6 Å². The van der Waals surface area contributed by atoms with Crippen LogP contribution in [0.25, 0.3) is 0 Å². The van der Waals surface area contributed by atoms with Gasteiger partial charge in [0.2, 0.25) is 0 Å². The molecule has 0 N–H and O–H groups in total. The van der Waals surface area contributed by atoms with E-state index in [0.29, 0.717) is 0 Å². The molecule has 0 unspecified atom stereocenters. The van der Waals surface area contributed by atoms with Gasteiger partial charge >= 0.3 is 21.1 Å². The Bertz CT molecular complexity index is 505. The quantitative estimate of drug-likeness (QED) is 0.228. The minimum absolute atomic E-state index is 0. The maximum Gasteiger partial charge on any atom is 6.00 e. The van der Waals surface area contributed by atoms with Crippen LogP contribution in [0.5, 0.6) is 0 Å². The molecule has 0 aromatic carbocycles. The van der Waals surface area contributed by atoms with E-state index in [1.807, 2.05) is 0 Å². The van der Waals surface area contributed by atoms with Crippen molar-refractivity contribution in [3.63, 3.8) is 0 Å². The molecule has 37 heavy (non-hydrogen) atoms. The summed E-state index contributed by atoms with van der Waals surface area (Å²) in [5, 5.41) is 57.1. The SMILES string of the molecule is CN(C)C(=O)[O-].CN(C)C(=O)[O-].CN(C)C(=O)[O-].CN(C)C(=O)[O-].CN(C)C(=O)[O-].CN(C)C(=O)[O-].[Mo+6]. The largest absolute Gasteiger partial charge is 6.00 e. The summed E-state index contributed by atoms with van der Waals surface area (Å²) in [5.41, 5.74) is 0. The van der Waals surface area contributed by atoms with Crippen molar-refractivity contribution in [3.8, 4) is 0 Å². The van der Waals surface area contributed by atoms with Gasteiger partial charge in [0.1, 0.15) is 36.6 Å². The maximum absolute atomic E-state index is 9.51. The third-order valence-electron chi connectivity index (χ3n) is 2.19. The third-order valence-corrected chi connectivity index (χ3v) is 2.19. The van der Waals surface area contributed by atoms with E-state index in [4.69, 9.17) is 0 Å². The van der Waals surface area contributed by atoms with Gasteiger partial charge in [-0.3, -0.25) is 0 Å². The van der Waals surface area contributed by atoms with Crippen LogP contribution in [0.2, 0.25) is 0 Å². The Morgan fingerprint density at radius 1 is 0.297 bits per heavy atom. The van der Waals surface area contributed by atoms with Crippen LogP contribution in [0.4, 0.5) is 28.8 Å². The second-order valence-electron chi connectivity index (χ2n) is 6.96. The van der Waals surface area contributed by atoms with Crippen molar-refractivity contribution in [1.82, 2.24) is 29.4 Å². The Hall–Kier alpha value is -3.69. The van der Waals surface area contributed by atoms with E-state index < -0.39 is 36.6 Å². The minimum atomic E-state index is -1.16. The molecule has 18 nitrogen and oxygen atoms in total. The monoisotopic (exact) mass is 626 g/mol. The molecular formula is C18H36MoN6O12. The van der Waals surface area contributed by atoms with Gasteiger partial charge in [-0.25, -0.2) is 0 Å². The zero-order chi connectivity index (χ0) is 30.9. The third kappa shape index (κ3) is 72.0. The van der Waals surface area contributed by atoms with Crippen LogP contribution in [0.1, 0.15) is 0 Å². The van der Waals surface area contributed by atoms with Crippen LogP contribution in [0, 0.1) is 0 Å². The Morgan fingerprint density at radius 2 is 0.324 bits per heavy atom. The van der Waals surface area contributed by atoms with Crippen LogP contribution < -0.4 is 30.6 Å². The number of amides is 6. The summed E-state index contributed by atoms with van der Waals surface area (Å²) in [6.07, 6.45) is -6.94. The minimum Gasteiger partial charge on any atom is -0.530 e. The van der Waals surface area contributed by atoms with Gasteiger partial charge in [-0.05, 0) is 0 Å². The summed E-state index contributed by atoms with van der Waals surface area (Å²) >= 11 is 0. The molecule has 6 amide bonds. The van der Waals surface area contributed by atoms with Gasteiger partial charge in [-0.15, -0.1) is 0 Å². The summed E-state index contributed by atoms with van der Waals surface area (Å²) in [7, 11) is 16.9. The molecule has 0 saturated carbocycles. The van der Waals surface area contributed by atoms with Crippen LogP contribution in [0.15, 0.2) is 0 Å². The molecule has 0 spiro atoms. The fourth-order valence-corrected chi connectivity index (χ4v) is 0. The molecule has 19 heteroatoms. The van der Waals surface area contributed by atoms with Crippen LogP contribution in [-0.4, -0.2) is 151 Å². The molecule has 0 radical (unpaired) electrons. The first kappa shape index (κ1) is 50.2. The van der Waals surface area contributed by atoms with Gasteiger partial charge in [0.05, 0.1) is 0 Å². The molecule has 0 aromatic rings. The van der Waals surface area contributed by atoms with Crippen molar-refractivity contribution in [3.05, 3.63) is 0 Å². The van der Waals surface area contributed by atoms with Gasteiger partial charge < -0.3 is 88.8 Å². The van der Waals surface area contributed by atoms with Gasteiger partial charge in [0.15, 0.2) is 0 Å². The molecule has 0 atom stereocenters. The number of carbonyl (C=O) groups excluding carboxylic acids is 6. The predicted octanol–water partition coefficient (Wildman–Crippen LogP) is -6.65. The topological polar surface area (TPSA) is 260 Å². The first-order valence-electron chi connectivity index (χ1n) is 9.16. The fraction of sp³-hybridized carbons (Fsp3) is 0.667. The van der Waals surface area contributed by atoms with Crippen molar-refractivity contribution in [2.75, 3.05) is 84.6 Å². The van der Waals surface area contributed by atoms with Crippen molar-refractivity contribution in [1.29, 1.82) is 0 Å². The summed E-state index contributed by atoms with van der Waals surface area (Å²) < 4.78 is 0. The Morgan fingerprint density at radius 3 is 0.324 bits per heavy atom. The Labute approximate surface area is 231 Å². The number of rotatable bonds is 0. The molecular weight excluding hydrogens is 588 g/mol. The smallest absolute Gasteiger partial charge is 0.530 e. The number of nitrogens with zero attached hydrogens (tertiary/aromatic N) is 6. The molecule has 0 aliphatic carbocycles. The first-order valence-corrected chi connectivity index (χ1v) is 9.16. The standard InChI is InChI=1S/6C3H7NO2.Mo/c6*1-4(2)3(5)6;/h6*1-2H3,(H,5,6);/q;;;;;;+6/p-6. The fourth-order valence-electron chi connectivity index (χ4n) is 0. The summed E-state index contributed by atoms with van der Waals surface area (Å²) in [6.45, 7) is 0. The van der Waals surface area contributed by atoms with Crippen LogP contribution >= 0.6 is 0 Å². The maximum atomic E-state index is 9.51. The molecule has 0 fully saturated rings. The molecule has 0 aliphatic heterocycles. The summed E-state index contributed by atoms with van der Waals surface area (Å²) in [5.74, 6) is 0. The average molecular weight is 624 g/mol. The number of carbonyl (C=O) groups is 6. The average Bonchev–Trinajstić information content (AvgIpc) is 2.69. The molecule has 0 aliphatic rings.